The van der Waals surface area contributed by atoms with Crippen LogP contribution >= 0.6 is 23.2 Å². The van der Waals surface area contributed by atoms with E-state index in [1.165, 1.54) is 18.9 Å². The number of phenolic OH excluding ortho intramolecular Hbond substituents is 1. The van der Waals surface area contributed by atoms with Crippen molar-refractivity contribution < 1.29 is 9.84 Å². The van der Waals surface area contributed by atoms with E-state index in [-0.39, 0.29) is 5.75 Å². The number of aromatic hydroxyl groups is 1. The van der Waals surface area contributed by atoms with Gasteiger partial charge in [0.2, 0.25) is 0 Å². The topological polar surface area (TPSA) is 41.5 Å². The van der Waals surface area contributed by atoms with Gasteiger partial charge in [-0.3, -0.25) is 0 Å². The van der Waals surface area contributed by atoms with Crippen molar-refractivity contribution in [2.24, 2.45) is 0 Å². The Morgan fingerprint density at radius 1 is 1.32 bits per heavy atom. The third kappa shape index (κ3) is 4.53. The zero-order valence-corrected chi connectivity index (χ0v) is 12.3. The number of phenols is 1. The van der Waals surface area contributed by atoms with Gasteiger partial charge in [-0.25, -0.2) is 0 Å². The first-order valence-corrected chi connectivity index (χ1v) is 7.41. The van der Waals surface area contributed by atoms with Crippen LogP contribution in [0.2, 0.25) is 10.0 Å². The Morgan fingerprint density at radius 3 is 2.89 bits per heavy atom. The van der Waals surface area contributed by atoms with Crippen molar-refractivity contribution in [1.29, 1.82) is 0 Å². The SMILES string of the molecule is Oc1c(Cl)cc(Cl)cc1CNCCC1CCCCO1. The highest BCUT2D eigenvalue weighted by Crippen LogP contribution is 2.30. The van der Waals surface area contributed by atoms with Gasteiger partial charge in [-0.05, 0) is 44.4 Å². The van der Waals surface area contributed by atoms with Crippen LogP contribution in [-0.2, 0) is 11.3 Å². The van der Waals surface area contributed by atoms with Gasteiger partial charge < -0.3 is 15.2 Å². The number of rotatable bonds is 5. The minimum Gasteiger partial charge on any atom is -0.506 e. The molecule has 0 aromatic heterocycles. The van der Waals surface area contributed by atoms with E-state index in [0.717, 1.165) is 31.6 Å². The minimum absolute atomic E-state index is 0.104. The molecular weight excluding hydrogens is 285 g/mol. The van der Waals surface area contributed by atoms with Gasteiger partial charge in [-0.1, -0.05) is 23.2 Å². The van der Waals surface area contributed by atoms with E-state index >= 15 is 0 Å². The number of hydrogen-bond acceptors (Lipinski definition) is 3. The molecular formula is C14H19Cl2NO2. The minimum atomic E-state index is 0.104. The fourth-order valence-corrected chi connectivity index (χ4v) is 2.81. The van der Waals surface area contributed by atoms with Gasteiger partial charge in [-0.15, -0.1) is 0 Å². The standard InChI is InChI=1S/C14H19Cl2NO2/c15-11-7-10(14(18)13(16)8-11)9-17-5-4-12-3-1-2-6-19-12/h7-8,12,17-18H,1-6,9H2. The third-order valence-electron chi connectivity index (χ3n) is 3.34. The first-order chi connectivity index (χ1) is 9.16. The van der Waals surface area contributed by atoms with E-state index in [0.29, 0.717) is 22.7 Å². The van der Waals surface area contributed by atoms with Crippen LogP contribution in [-0.4, -0.2) is 24.4 Å². The third-order valence-corrected chi connectivity index (χ3v) is 3.85. The quantitative estimate of drug-likeness (QED) is 0.814. The van der Waals surface area contributed by atoms with Crippen LogP contribution in [0.5, 0.6) is 5.75 Å². The Balaban J connectivity index is 1.76. The maximum Gasteiger partial charge on any atom is 0.138 e. The highest BCUT2D eigenvalue weighted by atomic mass is 35.5. The summed E-state index contributed by atoms with van der Waals surface area (Å²) in [4.78, 5) is 0. The van der Waals surface area contributed by atoms with E-state index in [2.05, 4.69) is 5.32 Å². The summed E-state index contributed by atoms with van der Waals surface area (Å²) in [5, 5.41) is 13.9. The molecule has 0 bridgehead atoms. The highest BCUT2D eigenvalue weighted by molar-refractivity contribution is 6.35. The summed E-state index contributed by atoms with van der Waals surface area (Å²) < 4.78 is 5.66. The highest BCUT2D eigenvalue weighted by Gasteiger charge is 2.13. The lowest BCUT2D eigenvalue weighted by molar-refractivity contribution is 0.0115. The normalized spacial score (nSPS) is 19.6. The molecule has 0 amide bonds. The Morgan fingerprint density at radius 2 is 2.16 bits per heavy atom. The van der Waals surface area contributed by atoms with Crippen LogP contribution in [0.1, 0.15) is 31.2 Å². The Bertz CT molecular complexity index is 420. The summed E-state index contributed by atoms with van der Waals surface area (Å²) in [5.41, 5.74) is 0.724. The van der Waals surface area contributed by atoms with Gasteiger partial charge in [0.1, 0.15) is 5.75 Å². The molecule has 1 saturated heterocycles. The van der Waals surface area contributed by atoms with Crippen molar-refractivity contribution in [2.75, 3.05) is 13.2 Å². The summed E-state index contributed by atoms with van der Waals surface area (Å²) in [6, 6.07) is 3.27. The van der Waals surface area contributed by atoms with Crippen molar-refractivity contribution in [1.82, 2.24) is 5.32 Å². The monoisotopic (exact) mass is 303 g/mol. The lowest BCUT2D eigenvalue weighted by atomic mass is 10.1. The number of nitrogens with one attached hydrogen (secondary N) is 1. The fourth-order valence-electron chi connectivity index (χ4n) is 2.28. The Hall–Kier alpha value is -0.480. The van der Waals surface area contributed by atoms with Gasteiger partial charge in [0, 0.05) is 23.7 Å². The van der Waals surface area contributed by atoms with E-state index < -0.39 is 0 Å². The molecule has 1 aliphatic rings. The zero-order chi connectivity index (χ0) is 13.7. The molecule has 2 N–H and O–H groups in total. The van der Waals surface area contributed by atoms with Gasteiger partial charge >= 0.3 is 0 Å². The van der Waals surface area contributed by atoms with Crippen LogP contribution in [0.4, 0.5) is 0 Å². The van der Waals surface area contributed by atoms with Crippen LogP contribution in [0, 0.1) is 0 Å². The van der Waals surface area contributed by atoms with Crippen molar-refractivity contribution in [3.05, 3.63) is 27.7 Å². The second kappa shape index (κ2) is 7.34. The summed E-state index contributed by atoms with van der Waals surface area (Å²) in [6.07, 6.45) is 4.96. The zero-order valence-electron chi connectivity index (χ0n) is 10.8. The van der Waals surface area contributed by atoms with Crippen molar-refractivity contribution in [3.8, 4) is 5.75 Å². The Labute approximate surface area is 123 Å². The van der Waals surface area contributed by atoms with Crippen molar-refractivity contribution in [2.45, 2.75) is 38.3 Å². The first kappa shape index (κ1) is 14.9. The molecule has 0 spiro atoms. The number of ether oxygens (including phenoxy) is 1. The molecule has 0 saturated carbocycles. The van der Waals surface area contributed by atoms with Crippen LogP contribution in [0.3, 0.4) is 0 Å². The number of hydrogen-bond donors (Lipinski definition) is 2. The number of benzene rings is 1. The smallest absolute Gasteiger partial charge is 0.138 e. The summed E-state index contributed by atoms with van der Waals surface area (Å²) in [5.74, 6) is 0.104. The molecule has 5 heteroatoms. The molecule has 3 nitrogen and oxygen atoms in total. The molecule has 0 aliphatic carbocycles. The molecule has 1 unspecified atom stereocenters. The second-order valence-corrected chi connectivity index (χ2v) is 5.69. The van der Waals surface area contributed by atoms with Crippen LogP contribution < -0.4 is 5.32 Å². The Kier molecular flexibility index (Phi) is 5.76. The number of halogens is 2. The second-order valence-electron chi connectivity index (χ2n) is 4.85. The maximum absolute atomic E-state index is 9.81. The lowest BCUT2D eigenvalue weighted by Gasteiger charge is -2.22. The van der Waals surface area contributed by atoms with Gasteiger partial charge in [-0.2, -0.15) is 0 Å². The molecule has 1 aromatic carbocycles. The van der Waals surface area contributed by atoms with Crippen LogP contribution in [0.25, 0.3) is 0 Å². The fraction of sp³-hybridized carbons (Fsp3) is 0.571. The predicted molar refractivity (Wildman–Crippen MR) is 78.0 cm³/mol. The van der Waals surface area contributed by atoms with Gasteiger partial charge in [0.15, 0.2) is 0 Å². The molecule has 1 aromatic rings. The molecule has 0 radical (unpaired) electrons. The van der Waals surface area contributed by atoms with E-state index in [1.807, 2.05) is 0 Å². The van der Waals surface area contributed by atoms with Gasteiger partial charge in [0.05, 0.1) is 11.1 Å². The molecule has 2 rings (SSSR count). The first-order valence-electron chi connectivity index (χ1n) is 6.66. The van der Waals surface area contributed by atoms with Crippen molar-refractivity contribution in [3.63, 3.8) is 0 Å². The molecule has 1 heterocycles. The molecule has 1 aliphatic heterocycles. The van der Waals surface area contributed by atoms with Gasteiger partial charge in [0.25, 0.3) is 0 Å². The van der Waals surface area contributed by atoms with E-state index in [1.54, 1.807) is 6.07 Å². The summed E-state index contributed by atoms with van der Waals surface area (Å²) >= 11 is 11.8. The lowest BCUT2D eigenvalue weighted by Crippen LogP contribution is -2.25. The molecule has 1 atom stereocenters. The average Bonchev–Trinajstić information content (AvgIpc) is 2.41. The van der Waals surface area contributed by atoms with E-state index in [9.17, 15) is 5.11 Å². The summed E-state index contributed by atoms with van der Waals surface area (Å²) in [7, 11) is 0. The molecule has 1 fully saturated rings. The van der Waals surface area contributed by atoms with E-state index in [4.69, 9.17) is 27.9 Å². The largest absolute Gasteiger partial charge is 0.506 e. The average molecular weight is 304 g/mol. The molecule has 106 valence electrons. The van der Waals surface area contributed by atoms with Crippen LogP contribution in [0.15, 0.2) is 12.1 Å². The maximum atomic E-state index is 9.81. The summed E-state index contributed by atoms with van der Waals surface area (Å²) in [6.45, 7) is 2.29. The van der Waals surface area contributed by atoms with Crippen molar-refractivity contribution >= 4 is 23.2 Å². The molecule has 19 heavy (non-hydrogen) atoms. The predicted octanol–water partition coefficient (Wildman–Crippen LogP) is 3.75.